The number of anilines is 1. The minimum absolute atomic E-state index is 0.145. The second-order valence-electron chi connectivity index (χ2n) is 5.24. The number of rotatable bonds is 1. The molecule has 2 heterocycles. The summed E-state index contributed by atoms with van der Waals surface area (Å²) in [6.45, 7) is 3.77. The Kier molecular flexibility index (Phi) is 3.08. The molecule has 1 fully saturated rings. The van der Waals surface area contributed by atoms with Crippen molar-refractivity contribution < 1.29 is 9.53 Å². The van der Waals surface area contributed by atoms with Gasteiger partial charge in [0.2, 0.25) is 0 Å². The van der Waals surface area contributed by atoms with Gasteiger partial charge in [0.25, 0.3) is 5.91 Å². The maximum absolute atomic E-state index is 12.5. The van der Waals surface area contributed by atoms with Crippen LogP contribution in [0.25, 0.3) is 0 Å². The van der Waals surface area contributed by atoms with Gasteiger partial charge in [-0.15, -0.1) is 0 Å². The Morgan fingerprint density at radius 2 is 2.17 bits per heavy atom. The highest BCUT2D eigenvalue weighted by Gasteiger charge is 2.32. The van der Waals surface area contributed by atoms with Gasteiger partial charge in [-0.3, -0.25) is 4.79 Å². The fourth-order valence-corrected chi connectivity index (χ4v) is 2.92. The summed E-state index contributed by atoms with van der Waals surface area (Å²) in [6, 6.07) is 8.24. The molecule has 0 aromatic heterocycles. The fraction of sp³-hybridized carbons (Fsp3) is 0.533. The van der Waals surface area contributed by atoms with Crippen LogP contribution in [0.15, 0.2) is 24.3 Å². The van der Waals surface area contributed by atoms with Crippen molar-refractivity contribution in [1.29, 1.82) is 0 Å². The molecule has 0 radical (unpaired) electrons. The van der Waals surface area contributed by atoms with Crippen LogP contribution in [0.4, 0.5) is 5.69 Å². The SMILES string of the molecule is CC1CCN(C(=O)C2CCCO2)c2ccccc21. The van der Waals surface area contributed by atoms with Gasteiger partial charge >= 0.3 is 0 Å². The highest BCUT2D eigenvalue weighted by Crippen LogP contribution is 2.35. The number of fused-ring (bicyclic) bond motifs is 1. The summed E-state index contributed by atoms with van der Waals surface area (Å²) in [5.41, 5.74) is 2.37. The third-order valence-electron chi connectivity index (χ3n) is 4.02. The van der Waals surface area contributed by atoms with Gasteiger partial charge in [-0.1, -0.05) is 25.1 Å². The maximum Gasteiger partial charge on any atom is 0.256 e. The Morgan fingerprint density at radius 3 is 2.94 bits per heavy atom. The third-order valence-corrected chi connectivity index (χ3v) is 4.02. The summed E-state index contributed by atoms with van der Waals surface area (Å²) >= 11 is 0. The molecule has 3 nitrogen and oxygen atoms in total. The van der Waals surface area contributed by atoms with Crippen LogP contribution in [-0.2, 0) is 9.53 Å². The lowest BCUT2D eigenvalue weighted by Gasteiger charge is -2.34. The monoisotopic (exact) mass is 245 g/mol. The van der Waals surface area contributed by atoms with Gasteiger partial charge in [-0.2, -0.15) is 0 Å². The molecule has 1 aromatic rings. The highest BCUT2D eigenvalue weighted by atomic mass is 16.5. The summed E-state index contributed by atoms with van der Waals surface area (Å²) in [5, 5.41) is 0. The second kappa shape index (κ2) is 4.73. The van der Waals surface area contributed by atoms with E-state index in [2.05, 4.69) is 25.1 Å². The predicted molar refractivity (Wildman–Crippen MR) is 70.8 cm³/mol. The molecule has 1 amide bonds. The van der Waals surface area contributed by atoms with E-state index in [1.807, 2.05) is 11.0 Å². The van der Waals surface area contributed by atoms with Crippen LogP contribution in [0, 0.1) is 0 Å². The molecule has 2 aliphatic rings. The Labute approximate surface area is 108 Å². The lowest BCUT2D eigenvalue weighted by atomic mass is 9.91. The molecule has 18 heavy (non-hydrogen) atoms. The van der Waals surface area contributed by atoms with Crippen LogP contribution in [0.5, 0.6) is 0 Å². The van der Waals surface area contributed by atoms with Gasteiger partial charge in [0.1, 0.15) is 6.10 Å². The molecular weight excluding hydrogens is 226 g/mol. The average Bonchev–Trinajstić information content (AvgIpc) is 2.93. The standard InChI is InChI=1S/C15H19NO2/c1-11-8-9-16(13-6-3-2-5-12(11)13)15(17)14-7-4-10-18-14/h2-3,5-6,11,14H,4,7-10H2,1H3. The van der Waals surface area contributed by atoms with Gasteiger partial charge < -0.3 is 9.64 Å². The quantitative estimate of drug-likeness (QED) is 0.761. The van der Waals surface area contributed by atoms with Gasteiger partial charge in [0, 0.05) is 18.8 Å². The number of nitrogens with zero attached hydrogens (tertiary/aromatic N) is 1. The van der Waals surface area contributed by atoms with Crippen molar-refractivity contribution in [3.63, 3.8) is 0 Å². The first-order valence-corrected chi connectivity index (χ1v) is 6.79. The van der Waals surface area contributed by atoms with E-state index in [0.29, 0.717) is 5.92 Å². The topological polar surface area (TPSA) is 29.5 Å². The first-order chi connectivity index (χ1) is 8.77. The van der Waals surface area contributed by atoms with Crippen molar-refractivity contribution in [2.45, 2.75) is 38.2 Å². The van der Waals surface area contributed by atoms with E-state index in [-0.39, 0.29) is 12.0 Å². The summed E-state index contributed by atoms with van der Waals surface area (Å²) in [7, 11) is 0. The normalized spacial score (nSPS) is 27.1. The molecule has 96 valence electrons. The molecule has 1 saturated heterocycles. The van der Waals surface area contributed by atoms with E-state index < -0.39 is 0 Å². The van der Waals surface area contributed by atoms with Crippen LogP contribution in [0.2, 0.25) is 0 Å². The molecule has 3 heteroatoms. The number of benzene rings is 1. The molecule has 2 aliphatic heterocycles. The van der Waals surface area contributed by atoms with E-state index in [9.17, 15) is 4.79 Å². The Hall–Kier alpha value is -1.35. The van der Waals surface area contributed by atoms with Gasteiger partial charge in [0.05, 0.1) is 0 Å². The molecule has 0 N–H and O–H groups in total. The smallest absolute Gasteiger partial charge is 0.256 e. The number of para-hydroxylation sites is 1. The summed E-state index contributed by atoms with van der Waals surface area (Å²) in [4.78, 5) is 14.4. The van der Waals surface area contributed by atoms with Crippen LogP contribution < -0.4 is 4.90 Å². The fourth-order valence-electron chi connectivity index (χ4n) is 2.92. The number of hydrogen-bond donors (Lipinski definition) is 0. The molecule has 2 unspecified atom stereocenters. The number of ether oxygens (including phenoxy) is 1. The summed E-state index contributed by atoms with van der Waals surface area (Å²) < 4.78 is 5.52. The van der Waals surface area contributed by atoms with Crippen molar-refractivity contribution in [1.82, 2.24) is 0 Å². The van der Waals surface area contributed by atoms with Gasteiger partial charge in [-0.05, 0) is 36.8 Å². The minimum Gasteiger partial charge on any atom is -0.368 e. The lowest BCUT2D eigenvalue weighted by Crippen LogP contribution is -2.42. The zero-order valence-corrected chi connectivity index (χ0v) is 10.8. The maximum atomic E-state index is 12.5. The first kappa shape index (κ1) is 11.7. The van der Waals surface area contributed by atoms with Crippen LogP contribution >= 0.6 is 0 Å². The van der Waals surface area contributed by atoms with Crippen molar-refractivity contribution >= 4 is 11.6 Å². The van der Waals surface area contributed by atoms with Crippen molar-refractivity contribution in [2.75, 3.05) is 18.1 Å². The zero-order chi connectivity index (χ0) is 12.5. The molecule has 0 aliphatic carbocycles. The number of amides is 1. The van der Waals surface area contributed by atoms with E-state index in [1.54, 1.807) is 0 Å². The second-order valence-corrected chi connectivity index (χ2v) is 5.24. The third kappa shape index (κ3) is 1.93. The molecule has 0 saturated carbocycles. The van der Waals surface area contributed by atoms with Crippen LogP contribution in [-0.4, -0.2) is 25.2 Å². The number of carbonyl (C=O) groups excluding carboxylic acids is 1. The molecule has 1 aromatic carbocycles. The van der Waals surface area contributed by atoms with Gasteiger partial charge in [0.15, 0.2) is 0 Å². The molecule has 0 bridgehead atoms. The Balaban J connectivity index is 1.89. The van der Waals surface area contributed by atoms with Gasteiger partial charge in [-0.25, -0.2) is 0 Å². The predicted octanol–water partition coefficient (Wildman–Crippen LogP) is 2.71. The Morgan fingerprint density at radius 1 is 1.33 bits per heavy atom. The molecular formula is C15H19NO2. The van der Waals surface area contributed by atoms with Crippen molar-refractivity contribution in [3.8, 4) is 0 Å². The van der Waals surface area contributed by atoms with Crippen LogP contribution in [0.3, 0.4) is 0 Å². The van der Waals surface area contributed by atoms with Crippen molar-refractivity contribution in [2.24, 2.45) is 0 Å². The van der Waals surface area contributed by atoms with E-state index >= 15 is 0 Å². The van der Waals surface area contributed by atoms with E-state index in [0.717, 1.165) is 38.1 Å². The molecule has 2 atom stereocenters. The van der Waals surface area contributed by atoms with E-state index in [1.165, 1.54) is 5.56 Å². The number of carbonyl (C=O) groups is 1. The van der Waals surface area contributed by atoms with Crippen molar-refractivity contribution in [3.05, 3.63) is 29.8 Å². The summed E-state index contributed by atoms with van der Waals surface area (Å²) in [6.07, 6.45) is 2.69. The first-order valence-electron chi connectivity index (χ1n) is 6.79. The minimum atomic E-state index is -0.216. The Bertz CT molecular complexity index is 452. The van der Waals surface area contributed by atoms with E-state index in [4.69, 9.17) is 4.74 Å². The lowest BCUT2D eigenvalue weighted by molar-refractivity contribution is -0.127. The summed E-state index contributed by atoms with van der Waals surface area (Å²) in [5.74, 6) is 0.682. The average molecular weight is 245 g/mol. The van der Waals surface area contributed by atoms with Crippen LogP contribution in [0.1, 0.15) is 37.7 Å². The number of hydrogen-bond acceptors (Lipinski definition) is 2. The highest BCUT2D eigenvalue weighted by molar-refractivity contribution is 5.97. The largest absolute Gasteiger partial charge is 0.368 e. The zero-order valence-electron chi connectivity index (χ0n) is 10.8. The molecule has 0 spiro atoms. The molecule has 3 rings (SSSR count).